The van der Waals surface area contributed by atoms with Gasteiger partial charge in [-0.05, 0) is 49.9 Å². The van der Waals surface area contributed by atoms with E-state index in [1.165, 1.54) is 0 Å². The van der Waals surface area contributed by atoms with E-state index in [9.17, 15) is 9.18 Å². The van der Waals surface area contributed by atoms with Gasteiger partial charge in [-0.2, -0.15) is 5.10 Å². The molecule has 108 valence electrons. The van der Waals surface area contributed by atoms with Crippen LogP contribution in [0.15, 0.2) is 12.4 Å². The molecular weight excluding hydrogens is 257 g/mol. The first-order chi connectivity index (χ1) is 9.52. The van der Waals surface area contributed by atoms with E-state index in [2.05, 4.69) is 10.4 Å². The summed E-state index contributed by atoms with van der Waals surface area (Å²) in [4.78, 5) is 12.3. The number of hydrogen-bond acceptors (Lipinski definition) is 2. The number of rotatable bonds is 2. The van der Waals surface area contributed by atoms with Crippen molar-refractivity contribution in [2.45, 2.75) is 43.8 Å². The Morgan fingerprint density at radius 1 is 1.40 bits per heavy atom. The van der Waals surface area contributed by atoms with Crippen molar-refractivity contribution in [1.82, 2.24) is 15.1 Å². The van der Waals surface area contributed by atoms with Gasteiger partial charge in [-0.3, -0.25) is 9.48 Å². The van der Waals surface area contributed by atoms with Crippen LogP contribution in [0.1, 0.15) is 42.5 Å². The van der Waals surface area contributed by atoms with Gasteiger partial charge in [0.15, 0.2) is 0 Å². The molecule has 5 heteroatoms. The SMILES string of the molecule is Cn1cc(C(=O)NC2C3CC4CC2CC(F)(C4)C3)cn1. The third kappa shape index (κ3) is 1.86. The summed E-state index contributed by atoms with van der Waals surface area (Å²) in [6, 6.07) is 0.156. The van der Waals surface area contributed by atoms with E-state index in [-0.39, 0.29) is 11.9 Å². The fourth-order valence-corrected chi connectivity index (χ4v) is 4.93. The van der Waals surface area contributed by atoms with Gasteiger partial charge in [-0.1, -0.05) is 0 Å². The lowest BCUT2D eigenvalue weighted by Gasteiger charge is -2.56. The summed E-state index contributed by atoms with van der Waals surface area (Å²) in [6.07, 6.45) is 7.50. The molecule has 1 heterocycles. The minimum Gasteiger partial charge on any atom is -0.349 e. The van der Waals surface area contributed by atoms with Crippen LogP contribution in [-0.4, -0.2) is 27.4 Å². The number of aryl methyl sites for hydroxylation is 1. The molecular formula is C15H20FN3O. The van der Waals surface area contributed by atoms with Crippen molar-refractivity contribution in [3.8, 4) is 0 Å². The van der Waals surface area contributed by atoms with E-state index < -0.39 is 5.67 Å². The lowest BCUT2D eigenvalue weighted by Crippen LogP contribution is -2.60. The summed E-state index contributed by atoms with van der Waals surface area (Å²) in [6.45, 7) is 0. The van der Waals surface area contributed by atoms with Crippen LogP contribution in [0.3, 0.4) is 0 Å². The molecule has 0 spiro atoms. The number of alkyl halides is 1. The summed E-state index contributed by atoms with van der Waals surface area (Å²) >= 11 is 0. The number of hydrogen-bond donors (Lipinski definition) is 1. The van der Waals surface area contributed by atoms with Gasteiger partial charge in [-0.25, -0.2) is 4.39 Å². The van der Waals surface area contributed by atoms with Gasteiger partial charge in [0, 0.05) is 19.3 Å². The molecule has 4 fully saturated rings. The van der Waals surface area contributed by atoms with Crippen LogP contribution in [0, 0.1) is 17.8 Å². The lowest BCUT2D eigenvalue weighted by molar-refractivity contribution is -0.0906. The Balaban J connectivity index is 1.51. The van der Waals surface area contributed by atoms with E-state index in [1.807, 2.05) is 0 Å². The molecule has 4 nitrogen and oxygen atoms in total. The van der Waals surface area contributed by atoms with Gasteiger partial charge < -0.3 is 5.32 Å². The number of nitrogens with one attached hydrogen (secondary N) is 1. The molecule has 2 unspecified atom stereocenters. The Morgan fingerprint density at radius 3 is 2.65 bits per heavy atom. The minimum absolute atomic E-state index is 0.0662. The third-order valence-corrected chi connectivity index (χ3v) is 5.46. The van der Waals surface area contributed by atoms with Gasteiger partial charge in [0.2, 0.25) is 0 Å². The Bertz CT molecular complexity index is 539. The fourth-order valence-electron chi connectivity index (χ4n) is 4.93. The molecule has 0 saturated heterocycles. The van der Waals surface area contributed by atoms with E-state index in [4.69, 9.17) is 0 Å². The first-order valence-corrected chi connectivity index (χ1v) is 7.51. The molecule has 1 N–H and O–H groups in total. The second kappa shape index (κ2) is 4.06. The van der Waals surface area contributed by atoms with E-state index in [0.717, 1.165) is 19.3 Å². The summed E-state index contributed by atoms with van der Waals surface area (Å²) in [5.74, 6) is 1.13. The van der Waals surface area contributed by atoms with Crippen molar-refractivity contribution < 1.29 is 9.18 Å². The van der Waals surface area contributed by atoms with Crippen LogP contribution in [0.5, 0.6) is 0 Å². The van der Waals surface area contributed by atoms with Crippen molar-refractivity contribution in [2.24, 2.45) is 24.8 Å². The van der Waals surface area contributed by atoms with Crippen LogP contribution >= 0.6 is 0 Å². The molecule has 4 saturated carbocycles. The van der Waals surface area contributed by atoms with Gasteiger partial charge >= 0.3 is 0 Å². The maximum atomic E-state index is 14.6. The van der Waals surface area contributed by atoms with Crippen LogP contribution in [0.2, 0.25) is 0 Å². The van der Waals surface area contributed by atoms with Crippen molar-refractivity contribution >= 4 is 5.91 Å². The zero-order valence-corrected chi connectivity index (χ0v) is 11.7. The van der Waals surface area contributed by atoms with E-state index in [0.29, 0.717) is 36.2 Å². The van der Waals surface area contributed by atoms with Gasteiger partial charge in [0.25, 0.3) is 5.91 Å². The molecule has 0 aromatic carbocycles. The first kappa shape index (κ1) is 12.4. The number of aromatic nitrogens is 2. The van der Waals surface area contributed by atoms with Gasteiger partial charge in [-0.15, -0.1) is 0 Å². The van der Waals surface area contributed by atoms with Crippen LogP contribution < -0.4 is 5.32 Å². The van der Waals surface area contributed by atoms with Crippen LogP contribution in [0.25, 0.3) is 0 Å². The number of halogens is 1. The molecule has 1 aromatic rings. The first-order valence-electron chi connectivity index (χ1n) is 7.51. The zero-order chi connectivity index (χ0) is 13.9. The normalized spacial score (nSPS) is 41.9. The number of nitrogens with zero attached hydrogens (tertiary/aromatic N) is 2. The van der Waals surface area contributed by atoms with E-state index >= 15 is 0 Å². The van der Waals surface area contributed by atoms with Crippen LogP contribution in [-0.2, 0) is 7.05 Å². The molecule has 4 aliphatic carbocycles. The highest BCUT2D eigenvalue weighted by Crippen LogP contribution is 2.57. The predicted octanol–water partition coefficient (Wildman–Crippen LogP) is 2.07. The second-order valence-corrected chi connectivity index (χ2v) is 7.02. The molecule has 4 aliphatic rings. The highest BCUT2D eigenvalue weighted by atomic mass is 19.1. The standard InChI is InChI=1S/C15H20FN3O/c1-19-8-12(7-17-19)14(20)18-13-10-2-9-3-11(13)6-15(16,4-9)5-10/h7-11,13H,2-6H2,1H3,(H,18,20). The maximum absolute atomic E-state index is 14.6. The fraction of sp³-hybridized carbons (Fsp3) is 0.733. The number of carbonyl (C=O) groups is 1. The molecule has 5 rings (SSSR count). The highest BCUT2D eigenvalue weighted by Gasteiger charge is 2.56. The van der Waals surface area contributed by atoms with Crippen molar-refractivity contribution in [3.05, 3.63) is 18.0 Å². The monoisotopic (exact) mass is 277 g/mol. The van der Waals surface area contributed by atoms with E-state index in [1.54, 1.807) is 24.1 Å². The van der Waals surface area contributed by atoms with Crippen molar-refractivity contribution in [1.29, 1.82) is 0 Å². The molecule has 0 aliphatic heterocycles. The Labute approximate surface area is 117 Å². The molecule has 1 aromatic heterocycles. The summed E-state index contributed by atoms with van der Waals surface area (Å²) in [5, 5.41) is 7.18. The molecule has 1 amide bonds. The largest absolute Gasteiger partial charge is 0.349 e. The summed E-state index contributed by atoms with van der Waals surface area (Å²) in [7, 11) is 1.80. The lowest BCUT2D eigenvalue weighted by atomic mass is 9.53. The summed E-state index contributed by atoms with van der Waals surface area (Å²) < 4.78 is 16.2. The quantitative estimate of drug-likeness (QED) is 0.899. The maximum Gasteiger partial charge on any atom is 0.254 e. The van der Waals surface area contributed by atoms with Gasteiger partial charge in [0.1, 0.15) is 5.67 Å². The Kier molecular flexibility index (Phi) is 2.51. The average molecular weight is 277 g/mol. The second-order valence-electron chi connectivity index (χ2n) is 7.02. The Hall–Kier alpha value is -1.39. The summed E-state index contributed by atoms with van der Waals surface area (Å²) in [5.41, 5.74) is -0.345. The molecule has 20 heavy (non-hydrogen) atoms. The smallest absolute Gasteiger partial charge is 0.254 e. The zero-order valence-electron chi connectivity index (χ0n) is 11.7. The molecule has 2 atom stereocenters. The van der Waals surface area contributed by atoms with Crippen LogP contribution in [0.4, 0.5) is 4.39 Å². The predicted molar refractivity (Wildman–Crippen MR) is 71.9 cm³/mol. The molecule has 4 bridgehead atoms. The number of carbonyl (C=O) groups excluding carboxylic acids is 1. The van der Waals surface area contributed by atoms with Crippen molar-refractivity contribution in [3.63, 3.8) is 0 Å². The topological polar surface area (TPSA) is 46.9 Å². The number of amides is 1. The average Bonchev–Trinajstić information content (AvgIpc) is 2.78. The highest BCUT2D eigenvalue weighted by molar-refractivity contribution is 5.93. The third-order valence-electron chi connectivity index (χ3n) is 5.46. The Morgan fingerprint density at radius 2 is 2.10 bits per heavy atom. The van der Waals surface area contributed by atoms with Gasteiger partial charge in [0.05, 0.1) is 11.8 Å². The van der Waals surface area contributed by atoms with Crippen molar-refractivity contribution in [2.75, 3.05) is 0 Å². The minimum atomic E-state index is -0.938. The molecule has 0 radical (unpaired) electrons.